The maximum absolute atomic E-state index is 12.5. The van der Waals surface area contributed by atoms with Crippen molar-refractivity contribution in [2.24, 2.45) is 0 Å². The third-order valence-electron chi connectivity index (χ3n) is 4.34. The minimum absolute atomic E-state index is 0.0445. The van der Waals surface area contributed by atoms with E-state index in [0.29, 0.717) is 19.6 Å². The van der Waals surface area contributed by atoms with Crippen molar-refractivity contribution in [3.8, 4) is 0 Å². The second-order valence-electron chi connectivity index (χ2n) is 6.83. The van der Waals surface area contributed by atoms with Gasteiger partial charge in [0.05, 0.1) is 12.2 Å². The van der Waals surface area contributed by atoms with Crippen molar-refractivity contribution in [2.45, 2.75) is 57.1 Å². The molecule has 3 rings (SSSR count). The molecule has 1 aromatic rings. The maximum atomic E-state index is 12.5. The first-order valence-corrected chi connectivity index (χ1v) is 8.30. The number of carbonyl (C=O) groups is 1. The summed E-state index contributed by atoms with van der Waals surface area (Å²) < 4.78 is 17.2. The highest BCUT2D eigenvalue weighted by atomic mass is 16.7. The Morgan fingerprint density at radius 2 is 1.96 bits per heavy atom. The summed E-state index contributed by atoms with van der Waals surface area (Å²) in [6.45, 7) is 5.32. The molecule has 3 atom stereocenters. The van der Waals surface area contributed by atoms with Crippen molar-refractivity contribution < 1.29 is 19.0 Å². The predicted molar refractivity (Wildman–Crippen MR) is 85.8 cm³/mol. The summed E-state index contributed by atoms with van der Waals surface area (Å²) in [5, 5.41) is 3.12. The van der Waals surface area contributed by atoms with Crippen LogP contribution in [0.5, 0.6) is 0 Å². The van der Waals surface area contributed by atoms with Gasteiger partial charge < -0.3 is 19.5 Å². The van der Waals surface area contributed by atoms with Gasteiger partial charge in [-0.1, -0.05) is 30.3 Å². The summed E-state index contributed by atoms with van der Waals surface area (Å²) in [7, 11) is 0. The van der Waals surface area contributed by atoms with Crippen LogP contribution in [-0.2, 0) is 19.0 Å². The van der Waals surface area contributed by atoms with Crippen LogP contribution in [0.4, 0.5) is 0 Å². The Bertz CT molecular complexity index is 531. The fourth-order valence-electron chi connectivity index (χ4n) is 3.17. The van der Waals surface area contributed by atoms with Crippen LogP contribution < -0.4 is 5.32 Å². The number of amides is 1. The van der Waals surface area contributed by atoms with Gasteiger partial charge in [0, 0.05) is 24.6 Å². The van der Waals surface area contributed by atoms with Gasteiger partial charge in [0.2, 0.25) is 5.91 Å². The molecule has 23 heavy (non-hydrogen) atoms. The highest BCUT2D eigenvalue weighted by molar-refractivity contribution is 5.81. The molecular formula is C18H25NO4. The fourth-order valence-corrected chi connectivity index (χ4v) is 3.17. The van der Waals surface area contributed by atoms with E-state index in [-0.39, 0.29) is 17.6 Å². The molecule has 2 saturated heterocycles. The van der Waals surface area contributed by atoms with Crippen LogP contribution in [0.3, 0.4) is 0 Å². The van der Waals surface area contributed by atoms with Crippen LogP contribution in [-0.4, -0.2) is 36.9 Å². The second kappa shape index (κ2) is 6.99. The molecule has 0 radical (unpaired) electrons. The van der Waals surface area contributed by atoms with E-state index >= 15 is 0 Å². The number of nitrogens with one attached hydrogen (secondary N) is 1. The first-order valence-electron chi connectivity index (χ1n) is 8.30. The zero-order chi connectivity index (χ0) is 16.3. The van der Waals surface area contributed by atoms with E-state index in [9.17, 15) is 4.79 Å². The lowest BCUT2D eigenvalue weighted by molar-refractivity contribution is -0.217. The van der Waals surface area contributed by atoms with E-state index in [1.807, 2.05) is 30.3 Å². The molecule has 0 aromatic heterocycles. The predicted octanol–water partition coefficient (Wildman–Crippen LogP) is 2.56. The van der Waals surface area contributed by atoms with Crippen molar-refractivity contribution in [1.29, 1.82) is 0 Å². The first kappa shape index (κ1) is 16.4. The Morgan fingerprint density at radius 1 is 1.17 bits per heavy atom. The third-order valence-corrected chi connectivity index (χ3v) is 4.34. The summed E-state index contributed by atoms with van der Waals surface area (Å²) in [6.07, 6.45) is 1.33. The lowest BCUT2D eigenvalue weighted by Gasteiger charge is -2.37. The highest BCUT2D eigenvalue weighted by Crippen LogP contribution is 2.27. The van der Waals surface area contributed by atoms with Crippen molar-refractivity contribution >= 4 is 5.91 Å². The Morgan fingerprint density at radius 3 is 2.70 bits per heavy atom. The minimum Gasteiger partial charge on any atom is -0.375 e. The molecule has 2 aliphatic rings. The monoisotopic (exact) mass is 319 g/mol. The average Bonchev–Trinajstić information content (AvgIpc) is 2.55. The van der Waals surface area contributed by atoms with Gasteiger partial charge in [0.1, 0.15) is 6.10 Å². The smallest absolute Gasteiger partial charge is 0.249 e. The van der Waals surface area contributed by atoms with Gasteiger partial charge in [0.15, 0.2) is 6.29 Å². The molecule has 5 nitrogen and oxygen atoms in total. The number of benzene rings is 1. The number of rotatable bonds is 3. The maximum Gasteiger partial charge on any atom is 0.249 e. The highest BCUT2D eigenvalue weighted by Gasteiger charge is 2.34. The van der Waals surface area contributed by atoms with Crippen molar-refractivity contribution in [3.05, 3.63) is 35.9 Å². The van der Waals surface area contributed by atoms with Crippen LogP contribution in [0.25, 0.3) is 0 Å². The molecule has 0 saturated carbocycles. The molecule has 1 amide bonds. The van der Waals surface area contributed by atoms with Crippen LogP contribution in [0, 0.1) is 0 Å². The molecule has 126 valence electrons. The molecule has 2 aliphatic heterocycles. The molecule has 5 heteroatoms. The van der Waals surface area contributed by atoms with E-state index in [0.717, 1.165) is 18.4 Å². The van der Waals surface area contributed by atoms with Gasteiger partial charge in [-0.15, -0.1) is 0 Å². The Labute approximate surface area is 137 Å². The van der Waals surface area contributed by atoms with Gasteiger partial charge in [-0.2, -0.15) is 0 Å². The Balaban J connectivity index is 1.57. The zero-order valence-corrected chi connectivity index (χ0v) is 13.8. The number of ether oxygens (including phenoxy) is 3. The number of hydrogen-bond acceptors (Lipinski definition) is 4. The van der Waals surface area contributed by atoms with E-state index in [1.165, 1.54) is 0 Å². The summed E-state index contributed by atoms with van der Waals surface area (Å²) >= 11 is 0. The van der Waals surface area contributed by atoms with E-state index < -0.39 is 12.4 Å². The van der Waals surface area contributed by atoms with E-state index in [2.05, 4.69) is 19.2 Å². The molecule has 0 bridgehead atoms. The largest absolute Gasteiger partial charge is 0.375 e. The molecule has 0 aliphatic carbocycles. The van der Waals surface area contributed by atoms with E-state index in [4.69, 9.17) is 14.2 Å². The lowest BCUT2D eigenvalue weighted by atomic mass is 9.94. The zero-order valence-electron chi connectivity index (χ0n) is 13.8. The van der Waals surface area contributed by atoms with Crippen LogP contribution in [0.2, 0.25) is 0 Å². The third kappa shape index (κ3) is 4.31. The normalized spacial score (nSPS) is 30.6. The summed E-state index contributed by atoms with van der Waals surface area (Å²) in [4.78, 5) is 12.5. The summed E-state index contributed by atoms with van der Waals surface area (Å²) in [6, 6.07) is 9.88. The van der Waals surface area contributed by atoms with Gasteiger partial charge in [-0.25, -0.2) is 0 Å². The van der Waals surface area contributed by atoms with Crippen molar-refractivity contribution in [1.82, 2.24) is 5.32 Å². The molecule has 2 heterocycles. The Hall–Kier alpha value is -1.43. The molecule has 1 aromatic carbocycles. The standard InChI is InChI=1S/C18H25NO4/c1-18(2)12-14(8-11-22-18)19-16(20)15-9-10-21-17(23-15)13-6-4-3-5-7-13/h3-7,14-15,17H,8-12H2,1-2H3,(H,19,20)/t14-,15-,17+/m1/s1. The number of carbonyl (C=O) groups excluding carboxylic acids is 1. The Kier molecular flexibility index (Phi) is 4.99. The topological polar surface area (TPSA) is 56.8 Å². The van der Waals surface area contributed by atoms with Crippen LogP contribution in [0.1, 0.15) is 45.0 Å². The first-order chi connectivity index (χ1) is 11.0. The SMILES string of the molecule is CC1(C)C[C@H](NC(=O)[C@H]2CCO[C@H](c3ccccc3)O2)CCO1. The summed E-state index contributed by atoms with van der Waals surface area (Å²) in [5.41, 5.74) is 0.761. The molecule has 1 N–H and O–H groups in total. The minimum atomic E-state index is -0.466. The molecule has 0 unspecified atom stereocenters. The van der Waals surface area contributed by atoms with Crippen LogP contribution in [0.15, 0.2) is 30.3 Å². The number of hydrogen-bond donors (Lipinski definition) is 1. The van der Waals surface area contributed by atoms with Crippen molar-refractivity contribution in [3.63, 3.8) is 0 Å². The second-order valence-corrected chi connectivity index (χ2v) is 6.83. The van der Waals surface area contributed by atoms with Crippen LogP contribution >= 0.6 is 0 Å². The van der Waals surface area contributed by atoms with Gasteiger partial charge in [0.25, 0.3) is 0 Å². The molecule has 2 fully saturated rings. The molecule has 0 spiro atoms. The van der Waals surface area contributed by atoms with Gasteiger partial charge in [-0.05, 0) is 26.7 Å². The van der Waals surface area contributed by atoms with Crippen molar-refractivity contribution in [2.75, 3.05) is 13.2 Å². The van der Waals surface area contributed by atoms with E-state index in [1.54, 1.807) is 0 Å². The lowest BCUT2D eigenvalue weighted by Crippen LogP contribution is -2.50. The average molecular weight is 319 g/mol. The summed E-state index contributed by atoms with van der Waals surface area (Å²) in [5.74, 6) is -0.0445. The van der Waals surface area contributed by atoms with Gasteiger partial charge >= 0.3 is 0 Å². The quantitative estimate of drug-likeness (QED) is 0.930. The van der Waals surface area contributed by atoms with Gasteiger partial charge in [-0.3, -0.25) is 4.79 Å². The molecular weight excluding hydrogens is 294 g/mol. The fraction of sp³-hybridized carbons (Fsp3) is 0.611.